The maximum absolute atomic E-state index is 5.99. The molecule has 2 N–H and O–H groups in total. The van der Waals surface area contributed by atoms with Gasteiger partial charge in [0.25, 0.3) is 0 Å². The molecule has 0 spiro atoms. The van der Waals surface area contributed by atoms with Crippen LogP contribution in [0.25, 0.3) is 0 Å². The van der Waals surface area contributed by atoms with Gasteiger partial charge in [0.15, 0.2) is 0 Å². The van der Waals surface area contributed by atoms with Gasteiger partial charge in [-0.3, -0.25) is 0 Å². The molecule has 2 rings (SSSR count). The fraction of sp³-hybridized carbons (Fsp3) is 1.00. The van der Waals surface area contributed by atoms with E-state index >= 15 is 0 Å². The van der Waals surface area contributed by atoms with E-state index in [1.165, 1.54) is 45.2 Å². The summed E-state index contributed by atoms with van der Waals surface area (Å²) in [5.74, 6) is 1.91. The number of nitrogens with zero attached hydrogens (tertiary/aromatic N) is 1. The molecule has 3 atom stereocenters. The Morgan fingerprint density at radius 1 is 1.21 bits per heavy atom. The van der Waals surface area contributed by atoms with Gasteiger partial charge in [0.2, 0.25) is 0 Å². The molecular formula is C12H24N2. The van der Waals surface area contributed by atoms with Crippen molar-refractivity contribution in [1.29, 1.82) is 0 Å². The van der Waals surface area contributed by atoms with Gasteiger partial charge >= 0.3 is 0 Å². The van der Waals surface area contributed by atoms with E-state index in [1.807, 2.05) is 0 Å². The smallest absolute Gasteiger partial charge is 0.0168 e. The van der Waals surface area contributed by atoms with Crippen molar-refractivity contribution in [1.82, 2.24) is 4.90 Å². The van der Waals surface area contributed by atoms with Crippen molar-refractivity contribution in [3.05, 3.63) is 0 Å². The quantitative estimate of drug-likeness (QED) is 0.730. The van der Waals surface area contributed by atoms with Crippen LogP contribution in [0, 0.1) is 11.8 Å². The van der Waals surface area contributed by atoms with Crippen LogP contribution < -0.4 is 5.73 Å². The van der Waals surface area contributed by atoms with Crippen LogP contribution in [0.5, 0.6) is 0 Å². The largest absolute Gasteiger partial charge is 0.327 e. The molecule has 3 unspecified atom stereocenters. The second kappa shape index (κ2) is 4.63. The molecule has 0 aromatic heterocycles. The van der Waals surface area contributed by atoms with E-state index in [2.05, 4.69) is 11.8 Å². The summed E-state index contributed by atoms with van der Waals surface area (Å²) in [6, 6.07) is 0.445. The van der Waals surface area contributed by atoms with Crippen molar-refractivity contribution >= 4 is 0 Å². The molecule has 2 nitrogen and oxygen atoms in total. The summed E-state index contributed by atoms with van der Waals surface area (Å²) in [7, 11) is 0. The number of rotatable bonds is 2. The van der Waals surface area contributed by atoms with Crippen LogP contribution in [-0.4, -0.2) is 30.6 Å². The second-order valence-electron chi connectivity index (χ2n) is 5.33. The molecule has 1 saturated carbocycles. The summed E-state index contributed by atoms with van der Waals surface area (Å²) in [5, 5.41) is 0. The summed E-state index contributed by atoms with van der Waals surface area (Å²) in [5.41, 5.74) is 5.99. The third-order valence-electron chi connectivity index (χ3n) is 4.07. The van der Waals surface area contributed by atoms with E-state index in [-0.39, 0.29) is 0 Å². The lowest BCUT2D eigenvalue weighted by atomic mass is 9.96. The van der Waals surface area contributed by atoms with Gasteiger partial charge < -0.3 is 10.6 Å². The lowest BCUT2D eigenvalue weighted by Gasteiger charge is -2.33. The predicted octanol–water partition coefficient (Wildman–Crippen LogP) is 1.85. The molecule has 1 heterocycles. The Bertz CT molecular complexity index is 181. The summed E-state index contributed by atoms with van der Waals surface area (Å²) in [6.07, 6.45) is 6.89. The molecular weight excluding hydrogens is 172 g/mol. The molecule has 2 heteroatoms. The zero-order chi connectivity index (χ0) is 9.97. The topological polar surface area (TPSA) is 29.3 Å². The van der Waals surface area contributed by atoms with Crippen LogP contribution in [0.15, 0.2) is 0 Å². The summed E-state index contributed by atoms with van der Waals surface area (Å²) in [4.78, 5) is 2.60. The second-order valence-corrected chi connectivity index (χ2v) is 5.33. The van der Waals surface area contributed by atoms with Gasteiger partial charge in [-0.1, -0.05) is 19.8 Å². The van der Waals surface area contributed by atoms with Crippen molar-refractivity contribution in [2.24, 2.45) is 17.6 Å². The number of hydrogen-bond donors (Lipinski definition) is 1. The summed E-state index contributed by atoms with van der Waals surface area (Å²) < 4.78 is 0. The highest BCUT2D eigenvalue weighted by atomic mass is 15.1. The minimum atomic E-state index is 0.445. The molecule has 1 aliphatic heterocycles. The molecule has 0 amide bonds. The summed E-state index contributed by atoms with van der Waals surface area (Å²) in [6.45, 7) is 6.16. The van der Waals surface area contributed by atoms with Crippen molar-refractivity contribution in [3.8, 4) is 0 Å². The minimum absolute atomic E-state index is 0.445. The van der Waals surface area contributed by atoms with Crippen LogP contribution >= 0.6 is 0 Å². The molecule has 1 saturated heterocycles. The Balaban J connectivity index is 1.78. The summed E-state index contributed by atoms with van der Waals surface area (Å²) >= 11 is 0. The fourth-order valence-corrected chi connectivity index (χ4v) is 3.08. The van der Waals surface area contributed by atoms with Crippen molar-refractivity contribution in [3.63, 3.8) is 0 Å². The van der Waals surface area contributed by atoms with Crippen LogP contribution in [0.2, 0.25) is 0 Å². The van der Waals surface area contributed by atoms with Crippen LogP contribution in [0.3, 0.4) is 0 Å². The highest BCUT2D eigenvalue weighted by Crippen LogP contribution is 2.32. The third-order valence-corrected chi connectivity index (χ3v) is 4.07. The van der Waals surface area contributed by atoms with Gasteiger partial charge in [0.1, 0.15) is 0 Å². The average molecular weight is 196 g/mol. The normalized spacial score (nSPS) is 40.3. The molecule has 2 fully saturated rings. The molecule has 0 bridgehead atoms. The van der Waals surface area contributed by atoms with Gasteiger partial charge in [-0.25, -0.2) is 0 Å². The van der Waals surface area contributed by atoms with Gasteiger partial charge in [0, 0.05) is 19.1 Å². The first-order chi connectivity index (χ1) is 6.75. The van der Waals surface area contributed by atoms with Crippen LogP contribution in [0.1, 0.15) is 39.0 Å². The van der Waals surface area contributed by atoms with E-state index in [1.54, 1.807) is 0 Å². The van der Waals surface area contributed by atoms with E-state index < -0.39 is 0 Å². The Morgan fingerprint density at radius 3 is 2.71 bits per heavy atom. The highest BCUT2D eigenvalue weighted by Gasteiger charge is 2.26. The van der Waals surface area contributed by atoms with E-state index in [9.17, 15) is 0 Å². The van der Waals surface area contributed by atoms with E-state index in [0.29, 0.717) is 6.04 Å². The van der Waals surface area contributed by atoms with E-state index in [0.717, 1.165) is 18.4 Å². The Labute approximate surface area is 87.8 Å². The van der Waals surface area contributed by atoms with Crippen molar-refractivity contribution in [2.45, 2.75) is 45.1 Å². The fourth-order valence-electron chi connectivity index (χ4n) is 3.08. The number of likely N-dealkylation sites (tertiary alicyclic amines) is 1. The third kappa shape index (κ3) is 2.48. The van der Waals surface area contributed by atoms with Crippen LogP contribution in [0.4, 0.5) is 0 Å². The highest BCUT2D eigenvalue weighted by molar-refractivity contribution is 4.81. The Kier molecular flexibility index (Phi) is 3.45. The maximum Gasteiger partial charge on any atom is 0.0168 e. The lowest BCUT2D eigenvalue weighted by molar-refractivity contribution is 0.167. The zero-order valence-electron chi connectivity index (χ0n) is 9.41. The molecule has 0 aromatic rings. The number of nitrogens with two attached hydrogens (primary N) is 1. The number of hydrogen-bond acceptors (Lipinski definition) is 2. The van der Waals surface area contributed by atoms with E-state index in [4.69, 9.17) is 5.73 Å². The minimum Gasteiger partial charge on any atom is -0.327 e. The Morgan fingerprint density at radius 2 is 2.07 bits per heavy atom. The van der Waals surface area contributed by atoms with Crippen LogP contribution in [-0.2, 0) is 0 Å². The first-order valence-corrected chi connectivity index (χ1v) is 6.23. The first kappa shape index (κ1) is 10.4. The SMILES string of the molecule is CC1CCCC1CN1CCCC(N)C1. The predicted molar refractivity (Wildman–Crippen MR) is 60.2 cm³/mol. The monoisotopic (exact) mass is 196 g/mol. The molecule has 0 aromatic carbocycles. The molecule has 14 heavy (non-hydrogen) atoms. The molecule has 0 radical (unpaired) electrons. The maximum atomic E-state index is 5.99. The Hall–Kier alpha value is -0.0800. The average Bonchev–Trinajstić information content (AvgIpc) is 2.52. The molecule has 1 aliphatic carbocycles. The lowest BCUT2D eigenvalue weighted by Crippen LogP contribution is -2.44. The van der Waals surface area contributed by atoms with Gasteiger partial charge in [0.05, 0.1) is 0 Å². The number of piperidine rings is 1. The van der Waals surface area contributed by atoms with Gasteiger partial charge in [-0.2, -0.15) is 0 Å². The standard InChI is InChI=1S/C12H24N2/c1-10-4-2-5-11(10)8-14-7-3-6-12(13)9-14/h10-12H,2-9,13H2,1H3. The zero-order valence-corrected chi connectivity index (χ0v) is 9.41. The molecule has 2 aliphatic rings. The molecule has 82 valence electrons. The van der Waals surface area contributed by atoms with Crippen molar-refractivity contribution in [2.75, 3.05) is 19.6 Å². The van der Waals surface area contributed by atoms with Gasteiger partial charge in [-0.15, -0.1) is 0 Å². The first-order valence-electron chi connectivity index (χ1n) is 6.23. The van der Waals surface area contributed by atoms with Crippen molar-refractivity contribution < 1.29 is 0 Å². The van der Waals surface area contributed by atoms with Gasteiger partial charge in [-0.05, 0) is 37.6 Å².